The summed E-state index contributed by atoms with van der Waals surface area (Å²) in [5.74, 6) is 2.54. The van der Waals surface area contributed by atoms with Crippen LogP contribution in [0.4, 0.5) is 0 Å². The number of halogens is 1. The fourth-order valence-electron chi connectivity index (χ4n) is 3.29. The highest BCUT2D eigenvalue weighted by molar-refractivity contribution is 7.98. The van der Waals surface area contributed by atoms with Gasteiger partial charge in [0.15, 0.2) is 5.16 Å². The Hall–Kier alpha value is -3.16. The molecule has 4 aromatic rings. The summed E-state index contributed by atoms with van der Waals surface area (Å²) in [5, 5.41) is 1.46. The molecule has 0 radical (unpaired) electrons. The minimum atomic E-state index is -0.224. The molecule has 32 heavy (non-hydrogen) atoms. The molecule has 0 N–H and O–H groups in total. The molecule has 0 aliphatic carbocycles. The van der Waals surface area contributed by atoms with Crippen LogP contribution in [-0.4, -0.2) is 30.9 Å². The average molecular weight is 469 g/mol. The van der Waals surface area contributed by atoms with Crippen molar-refractivity contribution in [3.05, 3.63) is 81.6 Å². The van der Waals surface area contributed by atoms with Crippen LogP contribution >= 0.6 is 23.4 Å². The van der Waals surface area contributed by atoms with E-state index in [9.17, 15) is 4.79 Å². The third-order valence-corrected chi connectivity index (χ3v) is 6.20. The van der Waals surface area contributed by atoms with Gasteiger partial charge in [0, 0.05) is 16.8 Å². The molecule has 0 bridgehead atoms. The first kappa shape index (κ1) is 22.0. The zero-order valence-electron chi connectivity index (χ0n) is 17.8. The molecule has 0 saturated heterocycles. The van der Waals surface area contributed by atoms with Crippen LogP contribution in [0.5, 0.6) is 17.2 Å². The van der Waals surface area contributed by atoms with Crippen molar-refractivity contribution in [3.8, 4) is 22.9 Å². The Kier molecular flexibility index (Phi) is 6.58. The number of aromatic nitrogens is 2. The third-order valence-electron chi connectivity index (χ3n) is 4.95. The predicted octanol–water partition coefficient (Wildman–Crippen LogP) is 5.36. The van der Waals surface area contributed by atoms with Crippen molar-refractivity contribution in [2.45, 2.75) is 10.9 Å². The van der Waals surface area contributed by atoms with Gasteiger partial charge in [-0.15, -0.1) is 0 Å². The van der Waals surface area contributed by atoms with Gasteiger partial charge in [-0.2, -0.15) is 0 Å². The fraction of sp³-hybridized carbons (Fsp3) is 0.167. The summed E-state index contributed by atoms with van der Waals surface area (Å²) in [7, 11) is 4.77. The molecule has 0 saturated carbocycles. The first-order valence-corrected chi connectivity index (χ1v) is 11.1. The lowest BCUT2D eigenvalue weighted by molar-refractivity contribution is 0.392. The topological polar surface area (TPSA) is 62.6 Å². The SMILES string of the molecule is COc1ccc(CSc2nc3ccc(Cl)cc3c(=O)n2-c2ccc(OC)cc2OC)cc1. The van der Waals surface area contributed by atoms with Crippen molar-refractivity contribution in [3.63, 3.8) is 0 Å². The molecule has 0 fully saturated rings. The highest BCUT2D eigenvalue weighted by Gasteiger charge is 2.18. The van der Waals surface area contributed by atoms with Gasteiger partial charge in [0.25, 0.3) is 5.56 Å². The Morgan fingerprint density at radius 3 is 2.31 bits per heavy atom. The molecule has 4 rings (SSSR count). The predicted molar refractivity (Wildman–Crippen MR) is 128 cm³/mol. The number of thioether (sulfide) groups is 1. The van der Waals surface area contributed by atoms with E-state index < -0.39 is 0 Å². The van der Waals surface area contributed by atoms with Crippen LogP contribution in [0, 0.1) is 0 Å². The minimum Gasteiger partial charge on any atom is -0.497 e. The highest BCUT2D eigenvalue weighted by atomic mass is 35.5. The molecule has 0 aliphatic rings. The van der Waals surface area contributed by atoms with E-state index in [4.69, 9.17) is 30.8 Å². The van der Waals surface area contributed by atoms with E-state index in [0.717, 1.165) is 11.3 Å². The Bertz CT molecular complexity index is 1320. The number of fused-ring (bicyclic) bond motifs is 1. The molecule has 0 unspecified atom stereocenters. The van der Waals surface area contributed by atoms with E-state index in [1.54, 1.807) is 62.3 Å². The molecular weight excluding hydrogens is 448 g/mol. The molecule has 0 aliphatic heterocycles. The van der Waals surface area contributed by atoms with Gasteiger partial charge in [0.1, 0.15) is 17.2 Å². The first-order chi connectivity index (χ1) is 15.5. The average Bonchev–Trinajstić information content (AvgIpc) is 2.83. The van der Waals surface area contributed by atoms with Gasteiger partial charge >= 0.3 is 0 Å². The van der Waals surface area contributed by atoms with E-state index in [1.165, 1.54) is 11.8 Å². The second kappa shape index (κ2) is 9.54. The van der Waals surface area contributed by atoms with Crippen LogP contribution in [0.15, 0.2) is 70.6 Å². The number of benzene rings is 3. The van der Waals surface area contributed by atoms with Gasteiger partial charge in [0.2, 0.25) is 0 Å². The second-order valence-corrected chi connectivity index (χ2v) is 8.25. The van der Waals surface area contributed by atoms with E-state index in [1.807, 2.05) is 24.3 Å². The van der Waals surface area contributed by atoms with Gasteiger partial charge in [-0.3, -0.25) is 9.36 Å². The quantitative estimate of drug-likeness (QED) is 0.269. The van der Waals surface area contributed by atoms with Gasteiger partial charge in [-0.25, -0.2) is 4.98 Å². The number of ether oxygens (including phenoxy) is 3. The number of rotatable bonds is 7. The first-order valence-electron chi connectivity index (χ1n) is 9.74. The summed E-state index contributed by atoms with van der Waals surface area (Å²) in [4.78, 5) is 18.3. The lowest BCUT2D eigenvalue weighted by atomic mass is 10.2. The van der Waals surface area contributed by atoms with Crippen LogP contribution in [0.25, 0.3) is 16.6 Å². The summed E-state index contributed by atoms with van der Waals surface area (Å²) in [6.45, 7) is 0. The zero-order valence-corrected chi connectivity index (χ0v) is 19.4. The van der Waals surface area contributed by atoms with Gasteiger partial charge < -0.3 is 14.2 Å². The minimum absolute atomic E-state index is 0.224. The smallest absolute Gasteiger partial charge is 0.266 e. The van der Waals surface area contributed by atoms with Crippen LogP contribution in [0.2, 0.25) is 5.02 Å². The Labute approximate surface area is 194 Å². The molecule has 1 heterocycles. The van der Waals surface area contributed by atoms with E-state index in [2.05, 4.69) is 0 Å². The third kappa shape index (κ3) is 4.40. The van der Waals surface area contributed by atoms with Crippen LogP contribution < -0.4 is 19.8 Å². The molecule has 6 nitrogen and oxygen atoms in total. The van der Waals surface area contributed by atoms with E-state index in [0.29, 0.717) is 44.0 Å². The molecular formula is C24H21ClN2O4S. The molecule has 0 amide bonds. The zero-order chi connectivity index (χ0) is 22.7. The van der Waals surface area contributed by atoms with Crippen molar-refractivity contribution in [2.24, 2.45) is 0 Å². The van der Waals surface area contributed by atoms with Crippen molar-refractivity contribution < 1.29 is 14.2 Å². The summed E-state index contributed by atoms with van der Waals surface area (Å²) in [6.07, 6.45) is 0. The summed E-state index contributed by atoms with van der Waals surface area (Å²) in [6, 6.07) is 18.2. The fourth-order valence-corrected chi connectivity index (χ4v) is 4.42. The maximum absolute atomic E-state index is 13.6. The number of methoxy groups -OCH3 is 3. The molecule has 8 heteroatoms. The van der Waals surface area contributed by atoms with Crippen molar-refractivity contribution in [2.75, 3.05) is 21.3 Å². The maximum atomic E-state index is 13.6. The summed E-state index contributed by atoms with van der Waals surface area (Å²) >= 11 is 7.62. The molecule has 1 aromatic heterocycles. The summed E-state index contributed by atoms with van der Waals surface area (Å²) in [5.41, 5.74) is 2.01. The standard InChI is InChI=1S/C24H21ClN2O4S/c1-29-17-7-4-15(5-8-17)14-32-24-26-20-10-6-16(25)12-19(20)23(28)27(24)21-11-9-18(30-2)13-22(21)31-3/h4-13H,14H2,1-3H3. The number of nitrogens with zero attached hydrogens (tertiary/aromatic N) is 2. The Morgan fingerprint density at radius 2 is 1.62 bits per heavy atom. The highest BCUT2D eigenvalue weighted by Crippen LogP contribution is 2.32. The van der Waals surface area contributed by atoms with E-state index >= 15 is 0 Å². The molecule has 0 atom stereocenters. The normalized spacial score (nSPS) is 10.9. The molecule has 0 spiro atoms. The Balaban J connectivity index is 1.85. The number of hydrogen-bond donors (Lipinski definition) is 0. The van der Waals surface area contributed by atoms with E-state index in [-0.39, 0.29) is 5.56 Å². The Morgan fingerprint density at radius 1 is 0.906 bits per heavy atom. The van der Waals surface area contributed by atoms with Crippen molar-refractivity contribution in [1.82, 2.24) is 9.55 Å². The second-order valence-electron chi connectivity index (χ2n) is 6.87. The monoisotopic (exact) mass is 468 g/mol. The molecule has 164 valence electrons. The molecule has 3 aromatic carbocycles. The van der Waals surface area contributed by atoms with Crippen molar-refractivity contribution >= 4 is 34.3 Å². The number of hydrogen-bond acceptors (Lipinski definition) is 6. The van der Waals surface area contributed by atoms with Gasteiger partial charge in [0.05, 0.1) is 37.9 Å². The van der Waals surface area contributed by atoms with Gasteiger partial charge in [-0.05, 0) is 48.0 Å². The summed E-state index contributed by atoms with van der Waals surface area (Å²) < 4.78 is 17.6. The largest absolute Gasteiger partial charge is 0.497 e. The van der Waals surface area contributed by atoms with Crippen LogP contribution in [0.3, 0.4) is 0 Å². The van der Waals surface area contributed by atoms with Crippen LogP contribution in [-0.2, 0) is 5.75 Å². The maximum Gasteiger partial charge on any atom is 0.266 e. The van der Waals surface area contributed by atoms with Gasteiger partial charge in [-0.1, -0.05) is 35.5 Å². The lowest BCUT2D eigenvalue weighted by Crippen LogP contribution is -2.22. The van der Waals surface area contributed by atoms with Crippen LogP contribution in [0.1, 0.15) is 5.56 Å². The lowest BCUT2D eigenvalue weighted by Gasteiger charge is -2.16. The van der Waals surface area contributed by atoms with Crippen molar-refractivity contribution in [1.29, 1.82) is 0 Å².